The first-order chi connectivity index (χ1) is 10.4. The number of rotatable bonds is 4. The van der Waals surface area contributed by atoms with Gasteiger partial charge in [0.1, 0.15) is 6.34 Å². The van der Waals surface area contributed by atoms with E-state index in [0.29, 0.717) is 0 Å². The van der Waals surface area contributed by atoms with E-state index < -0.39 is 0 Å². The van der Waals surface area contributed by atoms with Gasteiger partial charge in [0.15, 0.2) is 0 Å². The number of benzene rings is 3. The Hall–Kier alpha value is -2.92. The fourth-order valence-corrected chi connectivity index (χ4v) is 2.38. The molecule has 3 N–H and O–H groups in total. The minimum atomic E-state index is 1.04. The number of fused-ring (bicyclic) bond motifs is 2. The average Bonchev–Trinajstić information content (AvgIpc) is 2.53. The molecular formula is C16H14N4O. The highest BCUT2D eigenvalue weighted by atomic mass is 16.5. The largest absolute Gasteiger partial charge is 0.274 e. The van der Waals surface area contributed by atoms with E-state index in [4.69, 9.17) is 5.21 Å². The van der Waals surface area contributed by atoms with Gasteiger partial charge in [-0.3, -0.25) is 10.6 Å². The predicted molar refractivity (Wildman–Crippen MR) is 85.6 cm³/mol. The van der Waals surface area contributed by atoms with Gasteiger partial charge >= 0.3 is 0 Å². The number of hydrazone groups is 2. The molecule has 0 aliphatic heterocycles. The van der Waals surface area contributed by atoms with Crippen molar-refractivity contribution in [3.05, 3.63) is 60.2 Å². The molecule has 3 aromatic carbocycles. The maximum atomic E-state index is 8.33. The molecule has 0 bridgehead atoms. The van der Waals surface area contributed by atoms with E-state index in [1.807, 2.05) is 24.3 Å². The summed E-state index contributed by atoms with van der Waals surface area (Å²) in [6, 6.07) is 18.6. The van der Waals surface area contributed by atoms with Crippen LogP contribution >= 0.6 is 0 Å². The van der Waals surface area contributed by atoms with Gasteiger partial charge in [-0.05, 0) is 27.6 Å². The lowest BCUT2D eigenvalue weighted by atomic mass is 9.97. The Morgan fingerprint density at radius 1 is 0.857 bits per heavy atom. The van der Waals surface area contributed by atoms with Crippen LogP contribution in [0.4, 0.5) is 0 Å². The molecule has 5 heteroatoms. The third-order valence-corrected chi connectivity index (χ3v) is 3.26. The summed E-state index contributed by atoms with van der Waals surface area (Å²) in [6.45, 7) is 0. The Morgan fingerprint density at radius 2 is 1.48 bits per heavy atom. The maximum Gasteiger partial charge on any atom is 0.131 e. The zero-order valence-electron chi connectivity index (χ0n) is 11.2. The molecule has 0 saturated carbocycles. The zero-order chi connectivity index (χ0) is 14.5. The van der Waals surface area contributed by atoms with E-state index >= 15 is 0 Å². The molecule has 0 radical (unpaired) electrons. The molecular weight excluding hydrogens is 264 g/mol. The van der Waals surface area contributed by atoms with E-state index in [-0.39, 0.29) is 0 Å². The topological polar surface area (TPSA) is 69.0 Å². The molecule has 5 nitrogen and oxygen atoms in total. The summed E-state index contributed by atoms with van der Waals surface area (Å²) in [5.74, 6) is 0. The Bertz CT molecular complexity index is 773. The van der Waals surface area contributed by atoms with E-state index in [0.717, 1.165) is 16.3 Å². The first-order valence-electron chi connectivity index (χ1n) is 6.50. The van der Waals surface area contributed by atoms with E-state index in [2.05, 4.69) is 46.0 Å². The summed E-state index contributed by atoms with van der Waals surface area (Å²) in [5.41, 5.74) is 5.32. The van der Waals surface area contributed by atoms with Crippen LogP contribution in [0.3, 0.4) is 0 Å². The molecule has 0 aliphatic rings. The number of nitrogens with zero attached hydrogens (tertiary/aromatic N) is 2. The molecule has 0 aromatic heterocycles. The number of hydrogen-bond donors (Lipinski definition) is 3. The molecule has 0 unspecified atom stereocenters. The highest BCUT2D eigenvalue weighted by Gasteiger charge is 2.04. The highest BCUT2D eigenvalue weighted by Crippen LogP contribution is 2.27. The van der Waals surface area contributed by atoms with Gasteiger partial charge in [0.2, 0.25) is 0 Å². The Balaban J connectivity index is 2.13. The Labute approximate surface area is 121 Å². The van der Waals surface area contributed by atoms with Crippen LogP contribution < -0.4 is 11.0 Å². The van der Waals surface area contributed by atoms with Gasteiger partial charge in [-0.15, -0.1) is 5.10 Å². The van der Waals surface area contributed by atoms with Crippen molar-refractivity contribution in [2.75, 3.05) is 0 Å². The minimum Gasteiger partial charge on any atom is -0.274 e. The van der Waals surface area contributed by atoms with Gasteiger partial charge < -0.3 is 0 Å². The van der Waals surface area contributed by atoms with Gasteiger partial charge in [0.05, 0.1) is 6.21 Å². The first kappa shape index (κ1) is 13.1. The second kappa shape index (κ2) is 6.02. The summed E-state index contributed by atoms with van der Waals surface area (Å²) in [6.07, 6.45) is 3.01. The van der Waals surface area contributed by atoms with Crippen LogP contribution in [0.1, 0.15) is 5.56 Å². The maximum absolute atomic E-state index is 8.33. The summed E-state index contributed by atoms with van der Waals surface area (Å²) >= 11 is 0. The van der Waals surface area contributed by atoms with Crippen LogP contribution in [0, 0.1) is 0 Å². The van der Waals surface area contributed by atoms with Crippen LogP contribution in [0.5, 0.6) is 0 Å². The lowest BCUT2D eigenvalue weighted by Crippen LogP contribution is -2.06. The van der Waals surface area contributed by atoms with Gasteiger partial charge in [0, 0.05) is 5.56 Å². The van der Waals surface area contributed by atoms with Crippen LogP contribution in [0.25, 0.3) is 21.5 Å². The first-order valence-corrected chi connectivity index (χ1v) is 6.50. The minimum absolute atomic E-state index is 1.04. The lowest BCUT2D eigenvalue weighted by molar-refractivity contribution is 0.172. The van der Waals surface area contributed by atoms with Crippen LogP contribution in [0.2, 0.25) is 0 Å². The van der Waals surface area contributed by atoms with E-state index in [1.165, 1.54) is 17.1 Å². The second-order valence-corrected chi connectivity index (χ2v) is 4.48. The van der Waals surface area contributed by atoms with E-state index in [9.17, 15) is 0 Å². The van der Waals surface area contributed by atoms with Crippen molar-refractivity contribution in [1.29, 1.82) is 0 Å². The Kier molecular flexibility index (Phi) is 3.75. The molecule has 21 heavy (non-hydrogen) atoms. The summed E-state index contributed by atoms with van der Waals surface area (Å²) in [7, 11) is 0. The van der Waals surface area contributed by atoms with Gasteiger partial charge in [-0.1, -0.05) is 48.5 Å². The van der Waals surface area contributed by atoms with E-state index in [1.54, 1.807) is 11.8 Å². The molecule has 104 valence electrons. The van der Waals surface area contributed by atoms with Crippen molar-refractivity contribution in [3.8, 4) is 0 Å². The standard InChI is InChI=1S/C16H14N4O/c21-20-19-11-18-17-10-16-14-7-3-1-5-12(14)9-13-6-2-4-8-15(13)16/h1-11,20-21H,(H,18,19)/b17-10-. The summed E-state index contributed by atoms with van der Waals surface area (Å²) < 4.78 is 0. The third-order valence-electron chi connectivity index (χ3n) is 3.26. The van der Waals surface area contributed by atoms with Gasteiger partial charge in [-0.2, -0.15) is 10.7 Å². The lowest BCUT2D eigenvalue weighted by Gasteiger charge is -2.07. The van der Waals surface area contributed by atoms with Gasteiger partial charge in [-0.25, -0.2) is 0 Å². The molecule has 0 saturated heterocycles. The fraction of sp³-hybridized carbons (Fsp3) is 0. The summed E-state index contributed by atoms with van der Waals surface area (Å²) in [4.78, 5) is 0. The predicted octanol–water partition coefficient (Wildman–Crippen LogP) is 2.84. The van der Waals surface area contributed by atoms with Crippen LogP contribution in [-0.4, -0.2) is 17.8 Å². The smallest absolute Gasteiger partial charge is 0.131 e. The van der Waals surface area contributed by atoms with Crippen molar-refractivity contribution in [2.24, 2.45) is 10.2 Å². The van der Waals surface area contributed by atoms with Crippen molar-refractivity contribution < 1.29 is 5.21 Å². The monoisotopic (exact) mass is 278 g/mol. The number of hydrogen-bond acceptors (Lipinski definition) is 4. The normalized spacial score (nSPS) is 11.7. The molecule has 3 rings (SSSR count). The molecule has 0 atom stereocenters. The SMILES string of the molecule is ONN=CN/N=C\c1c2ccccc2cc2ccccc12. The Morgan fingerprint density at radius 3 is 2.10 bits per heavy atom. The molecule has 3 aromatic rings. The molecule has 0 amide bonds. The zero-order valence-corrected chi connectivity index (χ0v) is 11.2. The molecule has 0 aliphatic carbocycles. The quantitative estimate of drug-likeness (QED) is 0.297. The molecule has 0 spiro atoms. The fourth-order valence-electron chi connectivity index (χ4n) is 2.38. The average molecular weight is 278 g/mol. The third kappa shape index (κ3) is 2.68. The van der Waals surface area contributed by atoms with Crippen LogP contribution in [-0.2, 0) is 0 Å². The second-order valence-electron chi connectivity index (χ2n) is 4.48. The van der Waals surface area contributed by atoms with Crippen molar-refractivity contribution in [1.82, 2.24) is 11.0 Å². The van der Waals surface area contributed by atoms with Crippen molar-refractivity contribution in [3.63, 3.8) is 0 Å². The number of nitrogens with one attached hydrogen (secondary N) is 2. The molecule has 0 heterocycles. The van der Waals surface area contributed by atoms with Crippen molar-refractivity contribution in [2.45, 2.75) is 0 Å². The van der Waals surface area contributed by atoms with Gasteiger partial charge in [0.25, 0.3) is 0 Å². The van der Waals surface area contributed by atoms with Crippen molar-refractivity contribution >= 4 is 34.1 Å². The molecule has 0 fully saturated rings. The van der Waals surface area contributed by atoms with Crippen LogP contribution in [0.15, 0.2) is 64.8 Å². The highest BCUT2D eigenvalue weighted by molar-refractivity contribution is 6.13. The summed E-state index contributed by atoms with van der Waals surface area (Å²) in [5, 5.41) is 20.4.